The van der Waals surface area contributed by atoms with Gasteiger partial charge in [-0.15, -0.1) is 12.4 Å². The van der Waals surface area contributed by atoms with Gasteiger partial charge < -0.3 is 20.5 Å². The number of hydrogen-bond acceptors (Lipinski definition) is 4. The number of benzene rings is 1. The van der Waals surface area contributed by atoms with Crippen LogP contribution in [0.2, 0.25) is 0 Å². The molecule has 1 fully saturated rings. The summed E-state index contributed by atoms with van der Waals surface area (Å²) in [6, 6.07) is 7.42. The third kappa shape index (κ3) is 4.02. The predicted molar refractivity (Wildman–Crippen MR) is 79.5 cm³/mol. The van der Waals surface area contributed by atoms with Gasteiger partial charge in [-0.3, -0.25) is 4.79 Å². The van der Waals surface area contributed by atoms with Crippen molar-refractivity contribution in [1.82, 2.24) is 5.32 Å². The number of methoxy groups -OCH3 is 1. The minimum Gasteiger partial charge on any atom is -0.493 e. The summed E-state index contributed by atoms with van der Waals surface area (Å²) < 4.78 is 10.9. The van der Waals surface area contributed by atoms with Crippen LogP contribution in [0.25, 0.3) is 0 Å². The maximum atomic E-state index is 11.7. The molecule has 1 aliphatic carbocycles. The average Bonchev–Trinajstić information content (AvgIpc) is 3.16. The van der Waals surface area contributed by atoms with E-state index >= 15 is 0 Å². The van der Waals surface area contributed by atoms with Crippen molar-refractivity contribution in [3.63, 3.8) is 0 Å². The van der Waals surface area contributed by atoms with Crippen LogP contribution in [0, 0.1) is 0 Å². The van der Waals surface area contributed by atoms with Gasteiger partial charge in [0.05, 0.1) is 19.2 Å². The van der Waals surface area contributed by atoms with Gasteiger partial charge in [0.2, 0.25) is 5.91 Å². The first-order valence-corrected chi connectivity index (χ1v) is 6.42. The standard InChI is InChI=1S/C14H20N2O3.ClH/c1-10(9-16-13(17)14(15)7-8-14)19-12-6-4-3-5-11(12)18-2;/h3-6,10H,7-9,15H2,1-2H3,(H,16,17);1H. The largest absolute Gasteiger partial charge is 0.493 e. The summed E-state index contributed by atoms with van der Waals surface area (Å²) >= 11 is 0. The van der Waals surface area contributed by atoms with Gasteiger partial charge in [0.25, 0.3) is 0 Å². The SMILES string of the molecule is COc1ccccc1OC(C)CNC(=O)C1(N)CC1.Cl. The summed E-state index contributed by atoms with van der Waals surface area (Å²) in [6.45, 7) is 2.32. The van der Waals surface area contributed by atoms with Crippen LogP contribution in [0.1, 0.15) is 19.8 Å². The second-order valence-electron chi connectivity index (χ2n) is 4.95. The molecule has 112 valence electrons. The maximum Gasteiger partial charge on any atom is 0.240 e. The summed E-state index contributed by atoms with van der Waals surface area (Å²) in [5, 5.41) is 2.81. The van der Waals surface area contributed by atoms with Crippen LogP contribution < -0.4 is 20.5 Å². The lowest BCUT2D eigenvalue weighted by Gasteiger charge is -2.18. The van der Waals surface area contributed by atoms with E-state index in [-0.39, 0.29) is 24.4 Å². The summed E-state index contributed by atoms with van der Waals surface area (Å²) in [4.78, 5) is 11.7. The molecule has 0 spiro atoms. The zero-order valence-electron chi connectivity index (χ0n) is 11.7. The Morgan fingerprint density at radius 2 is 2.00 bits per heavy atom. The van der Waals surface area contributed by atoms with Crippen LogP contribution in [0.3, 0.4) is 0 Å². The Kier molecular flexibility index (Phi) is 5.65. The molecular formula is C14H21ClN2O3. The molecule has 1 aromatic carbocycles. The highest BCUT2D eigenvalue weighted by Crippen LogP contribution is 2.32. The number of nitrogens with two attached hydrogens (primary N) is 1. The first kappa shape index (κ1) is 16.6. The Bertz CT molecular complexity index is 463. The van der Waals surface area contributed by atoms with E-state index in [1.807, 2.05) is 31.2 Å². The van der Waals surface area contributed by atoms with E-state index in [1.165, 1.54) is 0 Å². The van der Waals surface area contributed by atoms with E-state index < -0.39 is 5.54 Å². The third-order valence-electron chi connectivity index (χ3n) is 3.19. The van der Waals surface area contributed by atoms with Gasteiger partial charge in [0.1, 0.15) is 6.10 Å². The highest BCUT2D eigenvalue weighted by molar-refractivity contribution is 5.88. The summed E-state index contributed by atoms with van der Waals surface area (Å²) in [7, 11) is 1.60. The van der Waals surface area contributed by atoms with Crippen molar-refractivity contribution in [3.05, 3.63) is 24.3 Å². The number of ether oxygens (including phenoxy) is 2. The van der Waals surface area contributed by atoms with Gasteiger partial charge in [0, 0.05) is 0 Å². The lowest BCUT2D eigenvalue weighted by atomic mass is 10.2. The molecular weight excluding hydrogens is 280 g/mol. The molecule has 1 aliphatic rings. The van der Waals surface area contributed by atoms with Crippen LogP contribution in [-0.4, -0.2) is 31.2 Å². The molecule has 1 saturated carbocycles. The van der Waals surface area contributed by atoms with E-state index in [4.69, 9.17) is 15.2 Å². The molecule has 6 heteroatoms. The molecule has 1 amide bonds. The van der Waals surface area contributed by atoms with Crippen molar-refractivity contribution in [2.45, 2.75) is 31.4 Å². The van der Waals surface area contributed by atoms with E-state index in [2.05, 4.69) is 5.32 Å². The molecule has 0 bridgehead atoms. The zero-order valence-corrected chi connectivity index (χ0v) is 12.5. The second-order valence-corrected chi connectivity index (χ2v) is 4.95. The highest BCUT2D eigenvalue weighted by atomic mass is 35.5. The fraction of sp³-hybridized carbons (Fsp3) is 0.500. The number of nitrogens with one attached hydrogen (secondary N) is 1. The van der Waals surface area contributed by atoms with Crippen molar-refractivity contribution in [2.24, 2.45) is 5.73 Å². The van der Waals surface area contributed by atoms with Crippen molar-refractivity contribution in [2.75, 3.05) is 13.7 Å². The minimum atomic E-state index is -0.635. The van der Waals surface area contributed by atoms with Crippen molar-refractivity contribution in [1.29, 1.82) is 0 Å². The number of rotatable bonds is 6. The van der Waals surface area contributed by atoms with Crippen LogP contribution in [0.4, 0.5) is 0 Å². The Labute approximate surface area is 125 Å². The van der Waals surface area contributed by atoms with Crippen LogP contribution in [0.15, 0.2) is 24.3 Å². The molecule has 0 aromatic heterocycles. The van der Waals surface area contributed by atoms with Crippen molar-refractivity contribution in [3.8, 4) is 11.5 Å². The molecule has 0 radical (unpaired) electrons. The maximum absolute atomic E-state index is 11.7. The Morgan fingerprint density at radius 1 is 1.40 bits per heavy atom. The van der Waals surface area contributed by atoms with Crippen molar-refractivity contribution >= 4 is 18.3 Å². The molecule has 3 N–H and O–H groups in total. The lowest BCUT2D eigenvalue weighted by Crippen LogP contribution is -2.45. The molecule has 0 heterocycles. The lowest BCUT2D eigenvalue weighted by molar-refractivity contribution is -0.123. The molecule has 2 rings (SSSR count). The van der Waals surface area contributed by atoms with Gasteiger partial charge in [-0.05, 0) is 31.9 Å². The topological polar surface area (TPSA) is 73.6 Å². The smallest absolute Gasteiger partial charge is 0.240 e. The molecule has 0 saturated heterocycles. The van der Waals surface area contributed by atoms with Crippen LogP contribution >= 0.6 is 12.4 Å². The normalized spacial score (nSPS) is 16.6. The summed E-state index contributed by atoms with van der Waals surface area (Å²) in [6.07, 6.45) is 1.38. The van der Waals surface area contributed by atoms with Gasteiger partial charge >= 0.3 is 0 Å². The van der Waals surface area contributed by atoms with Gasteiger partial charge in [-0.2, -0.15) is 0 Å². The fourth-order valence-corrected chi connectivity index (χ4v) is 1.75. The molecule has 1 unspecified atom stereocenters. The first-order valence-electron chi connectivity index (χ1n) is 6.42. The quantitative estimate of drug-likeness (QED) is 0.835. The monoisotopic (exact) mass is 300 g/mol. The fourth-order valence-electron chi connectivity index (χ4n) is 1.75. The molecule has 1 aromatic rings. The first-order chi connectivity index (χ1) is 9.05. The van der Waals surface area contributed by atoms with Gasteiger partial charge in [-0.25, -0.2) is 0 Å². The van der Waals surface area contributed by atoms with Crippen LogP contribution in [0.5, 0.6) is 11.5 Å². The van der Waals surface area contributed by atoms with Gasteiger partial charge in [-0.1, -0.05) is 12.1 Å². The number of halogens is 1. The number of carbonyl (C=O) groups is 1. The molecule has 1 atom stereocenters. The predicted octanol–water partition coefficient (Wildman–Crippen LogP) is 1.49. The highest BCUT2D eigenvalue weighted by Gasteiger charge is 2.45. The molecule has 20 heavy (non-hydrogen) atoms. The Balaban J connectivity index is 0.00000200. The Hall–Kier alpha value is -1.46. The average molecular weight is 301 g/mol. The third-order valence-corrected chi connectivity index (χ3v) is 3.19. The second kappa shape index (κ2) is 6.81. The van der Waals surface area contributed by atoms with E-state index in [9.17, 15) is 4.79 Å². The summed E-state index contributed by atoms with van der Waals surface area (Å²) in [5.74, 6) is 1.25. The van der Waals surface area contributed by atoms with Crippen LogP contribution in [-0.2, 0) is 4.79 Å². The number of amides is 1. The van der Waals surface area contributed by atoms with E-state index in [0.29, 0.717) is 18.0 Å². The zero-order chi connectivity index (χ0) is 13.9. The Morgan fingerprint density at radius 3 is 2.55 bits per heavy atom. The number of hydrogen-bond donors (Lipinski definition) is 2. The molecule has 0 aliphatic heterocycles. The summed E-state index contributed by atoms with van der Waals surface area (Å²) in [5.41, 5.74) is 5.17. The van der Waals surface area contributed by atoms with E-state index in [0.717, 1.165) is 12.8 Å². The van der Waals surface area contributed by atoms with E-state index in [1.54, 1.807) is 7.11 Å². The molecule has 5 nitrogen and oxygen atoms in total. The van der Waals surface area contributed by atoms with Gasteiger partial charge in [0.15, 0.2) is 11.5 Å². The number of carbonyl (C=O) groups excluding carboxylic acids is 1. The van der Waals surface area contributed by atoms with Crippen molar-refractivity contribution < 1.29 is 14.3 Å². The minimum absolute atomic E-state index is 0. The number of para-hydroxylation sites is 2.